The fourth-order valence-electron chi connectivity index (χ4n) is 3.13. The van der Waals surface area contributed by atoms with Crippen molar-refractivity contribution in [2.45, 2.75) is 25.9 Å². The zero-order valence-corrected chi connectivity index (χ0v) is 15.8. The van der Waals surface area contributed by atoms with Crippen molar-refractivity contribution in [3.8, 4) is 0 Å². The van der Waals surface area contributed by atoms with Gasteiger partial charge < -0.3 is 10.2 Å². The summed E-state index contributed by atoms with van der Waals surface area (Å²) in [6.07, 6.45) is 2.17. The molecule has 3 rings (SSSR count). The van der Waals surface area contributed by atoms with Crippen molar-refractivity contribution in [2.24, 2.45) is 0 Å². The van der Waals surface area contributed by atoms with E-state index in [1.54, 1.807) is 18.3 Å². The predicted molar refractivity (Wildman–Crippen MR) is 102 cm³/mol. The minimum Gasteiger partial charge on any atom is -0.356 e. The summed E-state index contributed by atoms with van der Waals surface area (Å²) in [6, 6.07) is 11.3. The van der Waals surface area contributed by atoms with Crippen molar-refractivity contribution in [1.29, 1.82) is 0 Å². The number of aryl methyl sites for hydroxylation is 1. The summed E-state index contributed by atoms with van der Waals surface area (Å²) in [5.41, 5.74) is 2.70. The van der Waals surface area contributed by atoms with Crippen molar-refractivity contribution in [1.82, 2.24) is 10.3 Å². The lowest BCUT2D eigenvalue weighted by Gasteiger charge is -2.24. The Balaban J connectivity index is 1.67. The monoisotopic (exact) mass is 373 g/mol. The van der Waals surface area contributed by atoms with Crippen LogP contribution in [0.1, 0.15) is 27.9 Å². The van der Waals surface area contributed by atoms with E-state index in [1.807, 2.05) is 43.1 Å². The van der Waals surface area contributed by atoms with Crippen LogP contribution in [0.25, 0.3) is 0 Å². The number of nitrogens with zero attached hydrogens (tertiary/aromatic N) is 2. The van der Waals surface area contributed by atoms with Crippen LogP contribution in [0, 0.1) is 6.92 Å². The number of nitrogens with one attached hydrogen (secondary N) is 1. The van der Waals surface area contributed by atoms with Crippen LogP contribution in [0.15, 0.2) is 42.6 Å². The molecule has 2 aromatic rings. The highest BCUT2D eigenvalue weighted by Gasteiger charge is 2.31. The second-order valence-electron chi connectivity index (χ2n) is 6.74. The zero-order chi connectivity index (χ0) is 18.7. The first-order valence-electron chi connectivity index (χ1n) is 8.57. The van der Waals surface area contributed by atoms with Gasteiger partial charge in [0.2, 0.25) is 0 Å². The van der Waals surface area contributed by atoms with Gasteiger partial charge in [-0.1, -0.05) is 29.8 Å². The zero-order valence-electron chi connectivity index (χ0n) is 15.0. The van der Waals surface area contributed by atoms with Gasteiger partial charge >= 0.3 is 0 Å². The maximum absolute atomic E-state index is 12.4. The van der Waals surface area contributed by atoms with E-state index in [2.05, 4.69) is 10.3 Å². The molecule has 1 N–H and O–H groups in total. The van der Waals surface area contributed by atoms with Crippen molar-refractivity contribution >= 4 is 21.6 Å². The molecule has 0 spiro atoms. The third-order valence-corrected chi connectivity index (χ3v) is 6.41. The van der Waals surface area contributed by atoms with Gasteiger partial charge in [-0.25, -0.2) is 13.4 Å². The Hall–Kier alpha value is -2.41. The molecular formula is C19H23N3O3S. The Kier molecular flexibility index (Phi) is 5.27. The standard InChI is InChI=1S/C19H23N3O3S/c1-14-4-3-5-15(10-14)12-21-19(23)16-6-8-20-18(11-16)22(2)17-7-9-26(24,25)13-17/h3-6,8,10-11,17H,7,9,12-13H2,1-2H3,(H,21,23). The van der Waals surface area contributed by atoms with E-state index < -0.39 is 9.84 Å². The Morgan fingerprint density at radius 1 is 1.31 bits per heavy atom. The van der Waals surface area contributed by atoms with Crippen LogP contribution in [-0.4, -0.2) is 43.9 Å². The Morgan fingerprint density at radius 3 is 2.81 bits per heavy atom. The molecule has 0 bridgehead atoms. The van der Waals surface area contributed by atoms with Crippen molar-refractivity contribution in [3.63, 3.8) is 0 Å². The van der Waals surface area contributed by atoms with Gasteiger partial charge in [-0.3, -0.25) is 4.79 Å². The molecule has 2 heterocycles. The lowest BCUT2D eigenvalue weighted by Crippen LogP contribution is -2.33. The lowest BCUT2D eigenvalue weighted by molar-refractivity contribution is 0.0951. The largest absolute Gasteiger partial charge is 0.356 e. The van der Waals surface area contributed by atoms with Crippen LogP contribution < -0.4 is 10.2 Å². The first kappa shape index (κ1) is 18.4. The van der Waals surface area contributed by atoms with Crippen molar-refractivity contribution in [3.05, 3.63) is 59.3 Å². The predicted octanol–water partition coefficient (Wildman–Crippen LogP) is 1.94. The smallest absolute Gasteiger partial charge is 0.251 e. The molecule has 26 heavy (non-hydrogen) atoms. The maximum Gasteiger partial charge on any atom is 0.251 e. The number of amides is 1. The summed E-state index contributed by atoms with van der Waals surface area (Å²) in [5, 5.41) is 2.91. The van der Waals surface area contributed by atoms with E-state index in [0.717, 1.165) is 11.1 Å². The Morgan fingerprint density at radius 2 is 2.12 bits per heavy atom. The third kappa shape index (κ3) is 4.40. The van der Waals surface area contributed by atoms with E-state index in [-0.39, 0.29) is 23.5 Å². The van der Waals surface area contributed by atoms with Gasteiger partial charge in [-0.2, -0.15) is 0 Å². The molecule has 1 aliphatic rings. The van der Waals surface area contributed by atoms with Gasteiger partial charge in [0.1, 0.15) is 5.82 Å². The summed E-state index contributed by atoms with van der Waals surface area (Å²) in [7, 11) is -1.14. The van der Waals surface area contributed by atoms with E-state index in [1.165, 1.54) is 0 Å². The fourth-order valence-corrected chi connectivity index (χ4v) is 4.90. The number of benzene rings is 1. The topological polar surface area (TPSA) is 79.4 Å². The molecular weight excluding hydrogens is 350 g/mol. The molecule has 0 saturated carbocycles. The van der Waals surface area contributed by atoms with Gasteiger partial charge in [0.05, 0.1) is 11.5 Å². The van der Waals surface area contributed by atoms with Gasteiger partial charge in [0.25, 0.3) is 5.91 Å². The molecule has 6 nitrogen and oxygen atoms in total. The van der Waals surface area contributed by atoms with Crippen molar-refractivity contribution < 1.29 is 13.2 Å². The summed E-state index contributed by atoms with van der Waals surface area (Å²) >= 11 is 0. The number of anilines is 1. The fraction of sp³-hybridized carbons (Fsp3) is 0.368. The van der Waals surface area contributed by atoms with Gasteiger partial charge in [-0.15, -0.1) is 0 Å². The minimum atomic E-state index is -2.97. The number of hydrogen-bond acceptors (Lipinski definition) is 5. The second kappa shape index (κ2) is 7.45. The molecule has 7 heteroatoms. The van der Waals surface area contributed by atoms with Gasteiger partial charge in [0.15, 0.2) is 9.84 Å². The van der Waals surface area contributed by atoms with Gasteiger partial charge in [0, 0.05) is 31.4 Å². The summed E-state index contributed by atoms with van der Waals surface area (Å²) in [6.45, 7) is 2.47. The second-order valence-corrected chi connectivity index (χ2v) is 8.97. The normalized spacial score (nSPS) is 18.5. The molecule has 0 radical (unpaired) electrons. The van der Waals surface area contributed by atoms with Crippen LogP contribution in [0.5, 0.6) is 0 Å². The van der Waals surface area contributed by atoms with Crippen LogP contribution in [-0.2, 0) is 16.4 Å². The first-order valence-corrected chi connectivity index (χ1v) is 10.4. The number of aromatic nitrogens is 1. The molecule has 1 aliphatic heterocycles. The molecule has 1 unspecified atom stereocenters. The number of pyridine rings is 1. The average Bonchev–Trinajstić information content (AvgIpc) is 2.99. The first-order chi connectivity index (χ1) is 12.3. The molecule has 1 saturated heterocycles. The quantitative estimate of drug-likeness (QED) is 0.866. The highest BCUT2D eigenvalue weighted by molar-refractivity contribution is 7.91. The average molecular weight is 373 g/mol. The maximum atomic E-state index is 12.4. The lowest BCUT2D eigenvalue weighted by atomic mass is 10.1. The summed E-state index contributed by atoms with van der Waals surface area (Å²) in [5.74, 6) is 0.770. The number of carbonyl (C=O) groups is 1. The molecule has 1 aromatic heterocycles. The molecule has 1 atom stereocenters. The number of carbonyl (C=O) groups excluding carboxylic acids is 1. The van der Waals surface area contributed by atoms with Crippen LogP contribution in [0.3, 0.4) is 0 Å². The molecule has 1 fully saturated rings. The molecule has 1 aromatic carbocycles. The molecule has 0 aliphatic carbocycles. The molecule has 138 valence electrons. The Labute approximate surface area is 154 Å². The Bertz CT molecular complexity index is 912. The van der Waals surface area contributed by atoms with E-state index in [9.17, 15) is 13.2 Å². The molecule has 1 amide bonds. The number of rotatable bonds is 5. The van der Waals surface area contributed by atoms with E-state index in [0.29, 0.717) is 24.3 Å². The van der Waals surface area contributed by atoms with Crippen LogP contribution >= 0.6 is 0 Å². The third-order valence-electron chi connectivity index (χ3n) is 4.66. The van der Waals surface area contributed by atoms with Crippen molar-refractivity contribution in [2.75, 3.05) is 23.5 Å². The SMILES string of the molecule is Cc1cccc(CNC(=O)c2ccnc(N(C)C3CCS(=O)(=O)C3)c2)c1. The highest BCUT2D eigenvalue weighted by atomic mass is 32.2. The number of hydrogen-bond donors (Lipinski definition) is 1. The minimum absolute atomic E-state index is 0.0990. The number of sulfone groups is 1. The highest BCUT2D eigenvalue weighted by Crippen LogP contribution is 2.22. The van der Waals surface area contributed by atoms with Crippen LogP contribution in [0.4, 0.5) is 5.82 Å². The summed E-state index contributed by atoms with van der Waals surface area (Å²) < 4.78 is 23.4. The van der Waals surface area contributed by atoms with E-state index >= 15 is 0 Å². The van der Waals surface area contributed by atoms with E-state index in [4.69, 9.17) is 0 Å². The van der Waals surface area contributed by atoms with Gasteiger partial charge in [-0.05, 0) is 31.0 Å². The van der Waals surface area contributed by atoms with Crippen LogP contribution in [0.2, 0.25) is 0 Å². The summed E-state index contributed by atoms with van der Waals surface area (Å²) in [4.78, 5) is 18.6.